The van der Waals surface area contributed by atoms with Gasteiger partial charge in [-0.15, -0.1) is 11.3 Å². The minimum atomic E-state index is 0.521. The third-order valence-corrected chi connectivity index (χ3v) is 4.36. The van der Waals surface area contributed by atoms with Crippen LogP contribution in [0, 0.1) is 0 Å². The molecule has 0 amide bonds. The lowest BCUT2D eigenvalue weighted by Crippen LogP contribution is -1.93. The summed E-state index contributed by atoms with van der Waals surface area (Å²) in [6.07, 6.45) is 0. The summed E-state index contributed by atoms with van der Waals surface area (Å²) in [7, 11) is 1.65. The Hall–Kier alpha value is -0.550. The Morgan fingerprint density at radius 1 is 1.22 bits per heavy atom. The molecule has 0 aliphatic rings. The Morgan fingerprint density at radius 3 is 2.50 bits per heavy atom. The summed E-state index contributed by atoms with van der Waals surface area (Å²) in [6, 6.07) is 9.81. The molecule has 18 heavy (non-hydrogen) atoms. The van der Waals surface area contributed by atoms with Crippen LogP contribution in [0.25, 0.3) is 0 Å². The molecule has 0 saturated heterocycles. The van der Waals surface area contributed by atoms with Crippen molar-refractivity contribution in [2.45, 2.75) is 13.2 Å². The van der Waals surface area contributed by atoms with Crippen LogP contribution in [0.4, 0.5) is 0 Å². The number of thiophene rings is 1. The molecule has 5 heteroatoms. The second kappa shape index (κ2) is 6.57. The van der Waals surface area contributed by atoms with E-state index in [-0.39, 0.29) is 0 Å². The van der Waals surface area contributed by atoms with Crippen molar-refractivity contribution in [3.05, 3.63) is 49.6 Å². The molecule has 0 aliphatic carbocycles. The SMILES string of the molecule is COc1ccc(COCc2cc(Br)sc2Cl)cc1. The predicted octanol–water partition coefficient (Wildman–Crippen LogP) is 4.89. The van der Waals surface area contributed by atoms with Gasteiger partial charge < -0.3 is 9.47 Å². The molecule has 96 valence electrons. The molecule has 2 rings (SSSR count). The third-order valence-electron chi connectivity index (χ3n) is 2.41. The fraction of sp³-hybridized carbons (Fsp3) is 0.231. The molecule has 0 aliphatic heterocycles. The highest BCUT2D eigenvalue weighted by atomic mass is 79.9. The van der Waals surface area contributed by atoms with Gasteiger partial charge in [-0.3, -0.25) is 0 Å². The van der Waals surface area contributed by atoms with Crippen LogP contribution >= 0.6 is 38.9 Å². The maximum Gasteiger partial charge on any atom is 0.118 e. The molecule has 0 atom stereocenters. The number of ether oxygens (including phenoxy) is 2. The monoisotopic (exact) mass is 346 g/mol. The lowest BCUT2D eigenvalue weighted by atomic mass is 10.2. The quantitative estimate of drug-likeness (QED) is 0.766. The number of halogens is 2. The molecule has 1 aromatic heterocycles. The Labute approximate surface area is 124 Å². The van der Waals surface area contributed by atoms with Gasteiger partial charge in [0.2, 0.25) is 0 Å². The summed E-state index contributed by atoms with van der Waals surface area (Å²) < 4.78 is 12.5. The van der Waals surface area contributed by atoms with Crippen molar-refractivity contribution >= 4 is 38.9 Å². The van der Waals surface area contributed by atoms with Gasteiger partial charge in [-0.2, -0.15) is 0 Å². The average Bonchev–Trinajstić information content (AvgIpc) is 2.69. The lowest BCUT2D eigenvalue weighted by molar-refractivity contribution is 0.107. The van der Waals surface area contributed by atoms with E-state index in [2.05, 4.69) is 15.9 Å². The molecule has 0 N–H and O–H groups in total. The van der Waals surface area contributed by atoms with Crippen LogP contribution in [0.2, 0.25) is 4.34 Å². The van der Waals surface area contributed by atoms with E-state index in [4.69, 9.17) is 21.1 Å². The smallest absolute Gasteiger partial charge is 0.118 e. The number of benzene rings is 1. The molecular weight excluding hydrogens is 336 g/mol. The van der Waals surface area contributed by atoms with Crippen LogP contribution in [0.1, 0.15) is 11.1 Å². The van der Waals surface area contributed by atoms with Gasteiger partial charge in [0.1, 0.15) is 5.75 Å². The van der Waals surface area contributed by atoms with E-state index in [9.17, 15) is 0 Å². The van der Waals surface area contributed by atoms with Gasteiger partial charge in [-0.05, 0) is 39.7 Å². The van der Waals surface area contributed by atoms with E-state index < -0.39 is 0 Å². The first-order chi connectivity index (χ1) is 8.69. The minimum Gasteiger partial charge on any atom is -0.497 e. The van der Waals surface area contributed by atoms with Crippen LogP contribution in [-0.2, 0) is 18.0 Å². The molecule has 0 fully saturated rings. The van der Waals surface area contributed by atoms with Crippen molar-refractivity contribution < 1.29 is 9.47 Å². The predicted molar refractivity (Wildman–Crippen MR) is 78.5 cm³/mol. The van der Waals surface area contributed by atoms with Gasteiger partial charge in [0.15, 0.2) is 0 Å². The Bertz CT molecular complexity index is 510. The Balaban J connectivity index is 1.86. The molecule has 0 unspecified atom stereocenters. The van der Waals surface area contributed by atoms with Gasteiger partial charge in [0.05, 0.1) is 28.4 Å². The number of methoxy groups -OCH3 is 1. The summed E-state index contributed by atoms with van der Waals surface area (Å²) in [4.78, 5) is 0. The van der Waals surface area contributed by atoms with Crippen molar-refractivity contribution in [1.29, 1.82) is 0 Å². The molecule has 0 radical (unpaired) electrons. The first kappa shape index (κ1) is 13.9. The van der Waals surface area contributed by atoms with E-state index in [1.165, 1.54) is 11.3 Å². The maximum absolute atomic E-state index is 6.06. The van der Waals surface area contributed by atoms with Crippen LogP contribution in [0.15, 0.2) is 34.1 Å². The van der Waals surface area contributed by atoms with Crippen molar-refractivity contribution in [2.75, 3.05) is 7.11 Å². The highest BCUT2D eigenvalue weighted by Gasteiger charge is 2.05. The fourth-order valence-corrected chi connectivity index (χ4v) is 3.49. The van der Waals surface area contributed by atoms with Gasteiger partial charge in [0, 0.05) is 5.56 Å². The molecule has 2 aromatic rings. The van der Waals surface area contributed by atoms with E-state index in [0.29, 0.717) is 13.2 Å². The van der Waals surface area contributed by atoms with Gasteiger partial charge in [-0.25, -0.2) is 0 Å². The normalized spacial score (nSPS) is 10.6. The van der Waals surface area contributed by atoms with Gasteiger partial charge in [0.25, 0.3) is 0 Å². The highest BCUT2D eigenvalue weighted by molar-refractivity contribution is 9.11. The minimum absolute atomic E-state index is 0.521. The van der Waals surface area contributed by atoms with E-state index in [1.807, 2.05) is 30.3 Å². The van der Waals surface area contributed by atoms with Gasteiger partial charge in [-0.1, -0.05) is 23.7 Å². The Kier molecular flexibility index (Phi) is 5.06. The topological polar surface area (TPSA) is 18.5 Å². The molecule has 1 heterocycles. The lowest BCUT2D eigenvalue weighted by Gasteiger charge is -2.05. The van der Waals surface area contributed by atoms with Crippen molar-refractivity contribution in [3.8, 4) is 5.75 Å². The van der Waals surface area contributed by atoms with Crippen LogP contribution in [0.5, 0.6) is 5.75 Å². The van der Waals surface area contributed by atoms with Crippen LogP contribution in [0.3, 0.4) is 0 Å². The summed E-state index contributed by atoms with van der Waals surface area (Å²) >= 11 is 11.0. The van der Waals surface area contributed by atoms with E-state index >= 15 is 0 Å². The number of hydrogen-bond donors (Lipinski definition) is 0. The Morgan fingerprint density at radius 2 is 1.94 bits per heavy atom. The highest BCUT2D eigenvalue weighted by Crippen LogP contribution is 2.31. The van der Waals surface area contributed by atoms with Crippen LogP contribution < -0.4 is 4.74 Å². The third kappa shape index (κ3) is 3.72. The van der Waals surface area contributed by atoms with Gasteiger partial charge >= 0.3 is 0 Å². The molecule has 0 saturated carbocycles. The largest absolute Gasteiger partial charge is 0.497 e. The van der Waals surface area contributed by atoms with E-state index in [1.54, 1.807) is 7.11 Å². The number of hydrogen-bond acceptors (Lipinski definition) is 3. The fourth-order valence-electron chi connectivity index (χ4n) is 1.47. The van der Waals surface area contributed by atoms with E-state index in [0.717, 1.165) is 25.0 Å². The number of rotatable bonds is 5. The molecule has 0 spiro atoms. The van der Waals surface area contributed by atoms with Crippen LogP contribution in [-0.4, -0.2) is 7.11 Å². The zero-order valence-corrected chi connectivity index (χ0v) is 12.9. The molecular formula is C13H12BrClO2S. The molecule has 0 bridgehead atoms. The summed E-state index contributed by atoms with van der Waals surface area (Å²) in [6.45, 7) is 1.08. The summed E-state index contributed by atoms with van der Waals surface area (Å²) in [5.74, 6) is 0.851. The van der Waals surface area contributed by atoms with Crippen molar-refractivity contribution in [3.63, 3.8) is 0 Å². The maximum atomic E-state index is 6.06. The van der Waals surface area contributed by atoms with Crippen molar-refractivity contribution in [2.24, 2.45) is 0 Å². The van der Waals surface area contributed by atoms with Crippen molar-refractivity contribution in [1.82, 2.24) is 0 Å². The first-order valence-corrected chi connectivity index (χ1v) is 7.32. The zero-order chi connectivity index (χ0) is 13.0. The zero-order valence-electron chi connectivity index (χ0n) is 9.78. The molecule has 1 aromatic carbocycles. The average molecular weight is 348 g/mol. The first-order valence-electron chi connectivity index (χ1n) is 5.33. The summed E-state index contributed by atoms with van der Waals surface area (Å²) in [5.41, 5.74) is 2.13. The standard InChI is InChI=1S/C13H12BrClO2S/c1-16-11-4-2-9(3-5-11)7-17-8-10-6-12(14)18-13(10)15/h2-6H,7-8H2,1H3. The molecule has 2 nitrogen and oxygen atoms in total. The second-order valence-electron chi connectivity index (χ2n) is 3.69. The second-order valence-corrected chi connectivity index (χ2v) is 6.72. The summed E-state index contributed by atoms with van der Waals surface area (Å²) in [5, 5.41) is 0.